The summed E-state index contributed by atoms with van der Waals surface area (Å²) in [4.78, 5) is 20.8. The van der Waals surface area contributed by atoms with Crippen LogP contribution >= 0.6 is 0 Å². The van der Waals surface area contributed by atoms with E-state index < -0.39 is 30.4 Å². The number of aliphatic hydroxyl groups excluding tert-OH is 3. The summed E-state index contributed by atoms with van der Waals surface area (Å²) in [7, 11) is 0. The van der Waals surface area contributed by atoms with E-state index in [4.69, 9.17) is 15.3 Å². The number of esters is 1. The summed E-state index contributed by atoms with van der Waals surface area (Å²) < 4.78 is 4.26. The quantitative estimate of drug-likeness (QED) is 0.294. The second-order valence-electron chi connectivity index (χ2n) is 2.46. The van der Waals surface area contributed by atoms with Gasteiger partial charge in [0, 0.05) is 0 Å². The van der Waals surface area contributed by atoms with E-state index in [1.807, 2.05) is 0 Å². The van der Waals surface area contributed by atoms with Crippen molar-refractivity contribution in [3.63, 3.8) is 0 Å². The van der Waals surface area contributed by atoms with E-state index in [0.29, 0.717) is 0 Å². The van der Waals surface area contributed by atoms with Gasteiger partial charge in [-0.15, -0.1) is 0 Å². The van der Waals surface area contributed by atoms with E-state index in [1.165, 1.54) is 0 Å². The molecule has 0 bridgehead atoms. The fourth-order valence-corrected chi connectivity index (χ4v) is 0.902. The Morgan fingerprint density at radius 2 is 1.83 bits per heavy atom. The maximum absolute atomic E-state index is 10.6. The van der Waals surface area contributed by atoms with Crippen LogP contribution in [0.5, 0.6) is 0 Å². The minimum atomic E-state index is -1.78. The van der Waals surface area contributed by atoms with E-state index in [9.17, 15) is 9.59 Å². The molecule has 1 rings (SSSR count). The summed E-state index contributed by atoms with van der Waals surface area (Å²) in [5.74, 6) is -1.11. The van der Waals surface area contributed by atoms with Crippen LogP contribution in [0, 0.1) is 0 Å². The number of carbonyl (C=O) groups is 2. The monoisotopic (exact) mass is 176 g/mol. The SMILES string of the molecule is O=CC1OC(=O)C(O)C(O)C1O. The van der Waals surface area contributed by atoms with Gasteiger partial charge in [0.15, 0.2) is 18.5 Å². The Labute approximate surface area is 67.4 Å². The molecular formula is C6H8O6. The number of aliphatic hydroxyl groups is 3. The highest BCUT2D eigenvalue weighted by atomic mass is 16.6. The zero-order valence-electron chi connectivity index (χ0n) is 5.95. The molecule has 1 heterocycles. The summed E-state index contributed by atoms with van der Waals surface area (Å²) in [5.41, 5.74) is 0. The smallest absolute Gasteiger partial charge is 0.338 e. The van der Waals surface area contributed by atoms with Crippen LogP contribution in [0.3, 0.4) is 0 Å². The fourth-order valence-electron chi connectivity index (χ4n) is 0.902. The Morgan fingerprint density at radius 1 is 1.25 bits per heavy atom. The molecule has 0 aromatic carbocycles. The van der Waals surface area contributed by atoms with Gasteiger partial charge in [-0.3, -0.25) is 4.79 Å². The summed E-state index contributed by atoms with van der Waals surface area (Å²) in [6, 6.07) is 0. The van der Waals surface area contributed by atoms with Crippen molar-refractivity contribution in [2.24, 2.45) is 0 Å². The Hall–Kier alpha value is -0.980. The van der Waals surface area contributed by atoms with Gasteiger partial charge in [0.05, 0.1) is 0 Å². The molecule has 1 aliphatic heterocycles. The van der Waals surface area contributed by atoms with Crippen LogP contribution in [0.4, 0.5) is 0 Å². The highest BCUT2D eigenvalue weighted by molar-refractivity contribution is 5.79. The Morgan fingerprint density at radius 3 is 2.33 bits per heavy atom. The number of ether oxygens (including phenoxy) is 1. The lowest BCUT2D eigenvalue weighted by atomic mass is 10.0. The highest BCUT2D eigenvalue weighted by Gasteiger charge is 2.43. The van der Waals surface area contributed by atoms with Crippen molar-refractivity contribution in [2.45, 2.75) is 24.4 Å². The van der Waals surface area contributed by atoms with Gasteiger partial charge in [-0.25, -0.2) is 4.79 Å². The molecule has 0 radical (unpaired) electrons. The molecule has 4 atom stereocenters. The normalized spacial score (nSPS) is 42.1. The minimum Gasteiger partial charge on any atom is -0.450 e. The van der Waals surface area contributed by atoms with E-state index in [2.05, 4.69) is 4.74 Å². The average Bonchev–Trinajstić information content (AvgIpc) is 2.08. The van der Waals surface area contributed by atoms with Gasteiger partial charge in [0.1, 0.15) is 12.2 Å². The van der Waals surface area contributed by atoms with Gasteiger partial charge in [0.2, 0.25) is 0 Å². The Bertz CT molecular complexity index is 200. The molecular weight excluding hydrogens is 168 g/mol. The van der Waals surface area contributed by atoms with Crippen LogP contribution < -0.4 is 0 Å². The van der Waals surface area contributed by atoms with Gasteiger partial charge in [-0.1, -0.05) is 0 Å². The number of rotatable bonds is 1. The van der Waals surface area contributed by atoms with Crippen molar-refractivity contribution >= 4 is 12.3 Å². The number of hydrogen-bond donors (Lipinski definition) is 3. The van der Waals surface area contributed by atoms with Gasteiger partial charge in [-0.05, 0) is 0 Å². The van der Waals surface area contributed by atoms with E-state index in [-0.39, 0.29) is 6.29 Å². The molecule has 1 aliphatic rings. The van der Waals surface area contributed by atoms with Crippen LogP contribution in [-0.2, 0) is 14.3 Å². The zero-order chi connectivity index (χ0) is 9.30. The van der Waals surface area contributed by atoms with E-state index >= 15 is 0 Å². The van der Waals surface area contributed by atoms with E-state index in [1.54, 1.807) is 0 Å². The van der Waals surface area contributed by atoms with Crippen LogP contribution in [0.1, 0.15) is 0 Å². The van der Waals surface area contributed by atoms with Gasteiger partial charge >= 0.3 is 5.97 Å². The number of hydrogen-bond acceptors (Lipinski definition) is 6. The largest absolute Gasteiger partial charge is 0.450 e. The van der Waals surface area contributed by atoms with Crippen LogP contribution in [-0.4, -0.2) is 52.0 Å². The predicted molar refractivity (Wildman–Crippen MR) is 34.0 cm³/mol. The lowest BCUT2D eigenvalue weighted by Crippen LogP contribution is -2.56. The fraction of sp³-hybridized carbons (Fsp3) is 0.667. The van der Waals surface area contributed by atoms with Crippen molar-refractivity contribution in [1.29, 1.82) is 0 Å². The van der Waals surface area contributed by atoms with Crippen molar-refractivity contribution in [2.75, 3.05) is 0 Å². The maximum Gasteiger partial charge on any atom is 0.338 e. The van der Waals surface area contributed by atoms with Crippen LogP contribution in [0.2, 0.25) is 0 Å². The lowest BCUT2D eigenvalue weighted by Gasteiger charge is -2.31. The summed E-state index contributed by atoms with van der Waals surface area (Å²) in [5, 5.41) is 26.8. The van der Waals surface area contributed by atoms with Crippen LogP contribution in [0.25, 0.3) is 0 Å². The first-order valence-electron chi connectivity index (χ1n) is 3.28. The average molecular weight is 176 g/mol. The standard InChI is InChI=1S/C6H8O6/c7-1-2-3(8)4(9)5(10)6(11)12-2/h1-5,8-10H. The van der Waals surface area contributed by atoms with Gasteiger partial charge in [-0.2, -0.15) is 0 Å². The molecule has 0 amide bonds. The summed E-state index contributed by atoms with van der Waals surface area (Å²) in [6.07, 6.45) is -6.21. The molecule has 0 aromatic heterocycles. The third-order valence-electron chi connectivity index (χ3n) is 1.64. The molecule has 0 saturated carbocycles. The first-order chi connectivity index (χ1) is 5.57. The topological polar surface area (TPSA) is 104 Å². The van der Waals surface area contributed by atoms with E-state index in [0.717, 1.165) is 0 Å². The Kier molecular flexibility index (Phi) is 2.41. The molecule has 4 unspecified atom stereocenters. The maximum atomic E-state index is 10.6. The lowest BCUT2D eigenvalue weighted by molar-refractivity contribution is -0.200. The molecule has 0 aromatic rings. The molecule has 3 N–H and O–H groups in total. The minimum absolute atomic E-state index is 0.192. The van der Waals surface area contributed by atoms with Gasteiger partial charge < -0.3 is 20.1 Å². The molecule has 6 heteroatoms. The van der Waals surface area contributed by atoms with Gasteiger partial charge in [0.25, 0.3) is 0 Å². The van der Waals surface area contributed by atoms with Crippen molar-refractivity contribution in [3.8, 4) is 0 Å². The molecule has 68 valence electrons. The highest BCUT2D eigenvalue weighted by Crippen LogP contribution is 2.14. The first-order valence-corrected chi connectivity index (χ1v) is 3.28. The van der Waals surface area contributed by atoms with Crippen molar-refractivity contribution < 1.29 is 29.6 Å². The third kappa shape index (κ3) is 1.31. The van der Waals surface area contributed by atoms with Crippen LogP contribution in [0.15, 0.2) is 0 Å². The second kappa shape index (κ2) is 3.18. The summed E-state index contributed by atoms with van der Waals surface area (Å²) in [6.45, 7) is 0. The molecule has 0 aliphatic carbocycles. The first kappa shape index (κ1) is 9.11. The zero-order valence-corrected chi connectivity index (χ0v) is 5.95. The van der Waals surface area contributed by atoms with Crippen molar-refractivity contribution in [1.82, 2.24) is 0 Å². The number of aldehydes is 1. The molecule has 12 heavy (non-hydrogen) atoms. The number of carbonyl (C=O) groups excluding carboxylic acids is 2. The third-order valence-corrected chi connectivity index (χ3v) is 1.64. The summed E-state index contributed by atoms with van der Waals surface area (Å²) >= 11 is 0. The molecule has 1 saturated heterocycles. The Balaban J connectivity index is 2.76. The van der Waals surface area contributed by atoms with Crippen molar-refractivity contribution in [3.05, 3.63) is 0 Å². The molecule has 0 spiro atoms. The second-order valence-corrected chi connectivity index (χ2v) is 2.46. The molecule has 6 nitrogen and oxygen atoms in total. The number of cyclic esters (lactones) is 1. The predicted octanol–water partition coefficient (Wildman–Crippen LogP) is -2.81. The molecule has 1 fully saturated rings.